The van der Waals surface area contributed by atoms with E-state index in [9.17, 15) is 13.2 Å². The van der Waals surface area contributed by atoms with Crippen molar-refractivity contribution in [2.75, 3.05) is 19.6 Å². The van der Waals surface area contributed by atoms with Gasteiger partial charge in [-0.05, 0) is 49.3 Å². The second kappa shape index (κ2) is 7.66. The van der Waals surface area contributed by atoms with E-state index in [0.717, 1.165) is 25.9 Å². The van der Waals surface area contributed by atoms with E-state index in [-0.39, 0.29) is 17.3 Å². The van der Waals surface area contributed by atoms with Crippen LogP contribution in [0.2, 0.25) is 0 Å². The van der Waals surface area contributed by atoms with Gasteiger partial charge in [-0.25, -0.2) is 13.1 Å². The second-order valence-corrected chi connectivity index (χ2v) is 8.58. The number of hydrogen-bond donors (Lipinski definition) is 1. The highest BCUT2D eigenvalue weighted by atomic mass is 32.2. The van der Waals surface area contributed by atoms with Crippen LogP contribution < -0.4 is 4.72 Å². The number of carbonyl (C=O) groups is 1. The van der Waals surface area contributed by atoms with Crippen molar-refractivity contribution >= 4 is 15.9 Å². The highest BCUT2D eigenvalue weighted by Gasteiger charge is 2.22. The molecule has 24 heavy (non-hydrogen) atoms. The highest BCUT2D eigenvalue weighted by Crippen LogP contribution is 2.32. The summed E-state index contributed by atoms with van der Waals surface area (Å²) in [6.07, 6.45) is 8.19. The van der Waals surface area contributed by atoms with Crippen molar-refractivity contribution in [3.63, 3.8) is 0 Å². The predicted molar refractivity (Wildman–Crippen MR) is 93.3 cm³/mol. The quantitative estimate of drug-likeness (QED) is 0.888. The molecule has 1 saturated carbocycles. The standard InChI is InChI=1S/C18H26N2O3S/c21-18(20-12-4-5-13-20)14-19-24(22,23)17-10-8-16(9-11-17)15-6-2-1-3-7-15/h8-11,15,19H,1-7,12-14H2. The molecule has 0 bridgehead atoms. The molecule has 0 radical (unpaired) electrons. The van der Waals surface area contributed by atoms with Gasteiger partial charge in [-0.15, -0.1) is 0 Å². The number of amides is 1. The maximum absolute atomic E-state index is 12.4. The fraction of sp³-hybridized carbons (Fsp3) is 0.611. The number of nitrogens with zero attached hydrogens (tertiary/aromatic N) is 1. The first-order chi connectivity index (χ1) is 11.6. The summed E-state index contributed by atoms with van der Waals surface area (Å²) in [6.45, 7) is 1.31. The summed E-state index contributed by atoms with van der Waals surface area (Å²) in [5.74, 6) is 0.412. The van der Waals surface area contributed by atoms with Gasteiger partial charge in [-0.1, -0.05) is 31.4 Å². The minimum absolute atomic E-state index is 0.144. The number of sulfonamides is 1. The van der Waals surface area contributed by atoms with E-state index in [2.05, 4.69) is 4.72 Å². The van der Waals surface area contributed by atoms with Crippen LogP contribution in [0, 0.1) is 0 Å². The number of nitrogens with one attached hydrogen (secondary N) is 1. The van der Waals surface area contributed by atoms with E-state index >= 15 is 0 Å². The number of hydrogen-bond acceptors (Lipinski definition) is 3. The number of likely N-dealkylation sites (tertiary alicyclic amines) is 1. The molecule has 1 aromatic rings. The first kappa shape index (κ1) is 17.4. The molecule has 1 heterocycles. The average Bonchev–Trinajstić information content (AvgIpc) is 3.15. The molecule has 2 fully saturated rings. The van der Waals surface area contributed by atoms with Crippen molar-refractivity contribution in [3.8, 4) is 0 Å². The first-order valence-electron chi connectivity index (χ1n) is 8.94. The van der Waals surface area contributed by atoms with E-state index in [1.807, 2.05) is 12.1 Å². The molecule has 3 rings (SSSR count). The molecule has 1 amide bonds. The van der Waals surface area contributed by atoms with Crippen molar-refractivity contribution in [1.29, 1.82) is 0 Å². The lowest BCUT2D eigenvalue weighted by Gasteiger charge is -2.22. The van der Waals surface area contributed by atoms with Crippen LogP contribution in [0.4, 0.5) is 0 Å². The smallest absolute Gasteiger partial charge is 0.241 e. The van der Waals surface area contributed by atoms with Crippen LogP contribution >= 0.6 is 0 Å². The molecule has 1 aromatic carbocycles. The lowest BCUT2D eigenvalue weighted by Crippen LogP contribution is -2.38. The van der Waals surface area contributed by atoms with E-state index in [4.69, 9.17) is 0 Å². The maximum atomic E-state index is 12.4. The average molecular weight is 350 g/mol. The molecule has 6 heteroatoms. The maximum Gasteiger partial charge on any atom is 0.241 e. The van der Waals surface area contributed by atoms with Gasteiger partial charge in [0.1, 0.15) is 0 Å². The van der Waals surface area contributed by atoms with Crippen molar-refractivity contribution in [3.05, 3.63) is 29.8 Å². The zero-order chi connectivity index (χ0) is 17.0. The second-order valence-electron chi connectivity index (χ2n) is 6.82. The van der Waals surface area contributed by atoms with Crippen LogP contribution in [0.25, 0.3) is 0 Å². The molecule has 1 aliphatic carbocycles. The van der Waals surface area contributed by atoms with Gasteiger partial charge in [0.25, 0.3) is 0 Å². The third-order valence-corrected chi connectivity index (χ3v) is 6.56. The number of rotatable bonds is 5. The summed E-state index contributed by atoms with van der Waals surface area (Å²) in [5, 5.41) is 0. The summed E-state index contributed by atoms with van der Waals surface area (Å²) in [7, 11) is -3.63. The summed E-state index contributed by atoms with van der Waals surface area (Å²) in [5.41, 5.74) is 1.22. The van der Waals surface area contributed by atoms with Crippen molar-refractivity contribution in [2.24, 2.45) is 0 Å². The van der Waals surface area contributed by atoms with Crippen LogP contribution in [-0.2, 0) is 14.8 Å². The SMILES string of the molecule is O=C(CNS(=O)(=O)c1ccc(C2CCCCC2)cc1)N1CCCC1. The van der Waals surface area contributed by atoms with Crippen LogP contribution in [0.5, 0.6) is 0 Å². The van der Waals surface area contributed by atoms with Gasteiger partial charge in [0.05, 0.1) is 11.4 Å². The van der Waals surface area contributed by atoms with Crippen LogP contribution in [0.15, 0.2) is 29.2 Å². The Labute approximate surface area is 144 Å². The molecule has 0 aromatic heterocycles. The van der Waals surface area contributed by atoms with Gasteiger partial charge in [-0.2, -0.15) is 0 Å². The van der Waals surface area contributed by atoms with Gasteiger partial charge >= 0.3 is 0 Å². The summed E-state index contributed by atoms with van der Waals surface area (Å²) < 4.78 is 27.1. The molecule has 0 spiro atoms. The van der Waals surface area contributed by atoms with Crippen molar-refractivity contribution in [1.82, 2.24) is 9.62 Å². The Bertz CT molecular complexity index is 658. The van der Waals surface area contributed by atoms with Crippen LogP contribution in [0.1, 0.15) is 56.4 Å². The Morgan fingerprint density at radius 2 is 1.62 bits per heavy atom. The fourth-order valence-electron chi connectivity index (χ4n) is 3.67. The lowest BCUT2D eigenvalue weighted by molar-refractivity contribution is -0.128. The predicted octanol–water partition coefficient (Wildman–Crippen LogP) is 2.64. The third-order valence-electron chi connectivity index (χ3n) is 5.14. The van der Waals surface area contributed by atoms with E-state index in [1.54, 1.807) is 17.0 Å². The largest absolute Gasteiger partial charge is 0.342 e. The van der Waals surface area contributed by atoms with Gasteiger partial charge in [0, 0.05) is 13.1 Å². The summed E-state index contributed by atoms with van der Waals surface area (Å²) >= 11 is 0. The van der Waals surface area contributed by atoms with Gasteiger partial charge in [-0.3, -0.25) is 4.79 Å². The molecule has 0 unspecified atom stereocenters. The van der Waals surface area contributed by atoms with Crippen LogP contribution in [-0.4, -0.2) is 38.9 Å². The molecular weight excluding hydrogens is 324 g/mol. The van der Waals surface area contributed by atoms with E-state index < -0.39 is 10.0 Å². The molecule has 1 aliphatic heterocycles. The molecule has 2 aliphatic rings. The fourth-order valence-corrected chi connectivity index (χ4v) is 4.65. The lowest BCUT2D eigenvalue weighted by atomic mass is 9.84. The third kappa shape index (κ3) is 4.16. The minimum atomic E-state index is -3.63. The monoisotopic (exact) mass is 350 g/mol. The van der Waals surface area contributed by atoms with Crippen LogP contribution in [0.3, 0.4) is 0 Å². The molecular formula is C18H26N2O3S. The number of benzene rings is 1. The molecule has 0 atom stereocenters. The van der Waals surface area contributed by atoms with Gasteiger partial charge in [0.2, 0.25) is 15.9 Å². The molecule has 132 valence electrons. The highest BCUT2D eigenvalue weighted by molar-refractivity contribution is 7.89. The molecule has 1 N–H and O–H groups in total. The Balaban J connectivity index is 1.60. The Hall–Kier alpha value is -1.40. The Morgan fingerprint density at radius 3 is 2.25 bits per heavy atom. The Kier molecular flexibility index (Phi) is 5.56. The van der Waals surface area contributed by atoms with E-state index in [0.29, 0.717) is 5.92 Å². The Morgan fingerprint density at radius 1 is 1.00 bits per heavy atom. The molecule has 5 nitrogen and oxygen atoms in total. The zero-order valence-corrected chi connectivity index (χ0v) is 14.9. The normalized spacial score (nSPS) is 19.6. The van der Waals surface area contributed by atoms with Gasteiger partial charge < -0.3 is 4.90 Å². The van der Waals surface area contributed by atoms with Crippen molar-refractivity contribution in [2.45, 2.75) is 55.8 Å². The minimum Gasteiger partial charge on any atom is -0.342 e. The topological polar surface area (TPSA) is 66.5 Å². The van der Waals surface area contributed by atoms with E-state index in [1.165, 1.54) is 37.7 Å². The first-order valence-corrected chi connectivity index (χ1v) is 10.4. The van der Waals surface area contributed by atoms with Crippen molar-refractivity contribution < 1.29 is 13.2 Å². The summed E-state index contributed by atoms with van der Waals surface area (Å²) in [6, 6.07) is 7.17. The molecule has 1 saturated heterocycles. The van der Waals surface area contributed by atoms with Gasteiger partial charge in [0.15, 0.2) is 0 Å². The number of carbonyl (C=O) groups excluding carboxylic acids is 1. The summed E-state index contributed by atoms with van der Waals surface area (Å²) in [4.78, 5) is 13.9. The zero-order valence-electron chi connectivity index (χ0n) is 14.0.